The number of nitrogens with zero attached hydrogens (tertiary/aromatic N) is 1. The maximum atomic E-state index is 12.2. The molecule has 0 aliphatic heterocycles. The number of hydrogen-bond acceptors (Lipinski definition) is 3. The van der Waals surface area contributed by atoms with Gasteiger partial charge in [0.25, 0.3) is 5.56 Å². The Labute approximate surface area is 122 Å². The van der Waals surface area contributed by atoms with Gasteiger partial charge in [0.1, 0.15) is 10.7 Å². The summed E-state index contributed by atoms with van der Waals surface area (Å²) in [5, 5.41) is 0.698. The highest BCUT2D eigenvalue weighted by Crippen LogP contribution is 2.33. The third-order valence-electron chi connectivity index (χ3n) is 3.21. The van der Waals surface area contributed by atoms with Gasteiger partial charge in [-0.3, -0.25) is 4.79 Å². The van der Waals surface area contributed by atoms with Crippen LogP contribution in [0, 0.1) is 0 Å². The molecule has 0 fully saturated rings. The third-order valence-corrected chi connectivity index (χ3v) is 4.58. The van der Waals surface area contributed by atoms with E-state index in [2.05, 4.69) is 23.8 Å². The summed E-state index contributed by atoms with van der Waals surface area (Å²) >= 11 is 7.68. The summed E-state index contributed by atoms with van der Waals surface area (Å²) in [5.74, 6) is 0.777. The quantitative estimate of drug-likeness (QED) is 0.863. The predicted octanol–water partition coefficient (Wildman–Crippen LogP) is 4.32. The largest absolute Gasteiger partial charge is 0.310 e. The molecule has 0 saturated heterocycles. The highest BCUT2D eigenvalue weighted by atomic mass is 35.5. The highest BCUT2D eigenvalue weighted by molar-refractivity contribution is 7.22. The minimum absolute atomic E-state index is 0.0367. The van der Waals surface area contributed by atoms with Crippen LogP contribution in [0.2, 0.25) is 4.34 Å². The normalized spacial score (nSPS) is 11.3. The van der Waals surface area contributed by atoms with Gasteiger partial charge in [-0.1, -0.05) is 38.3 Å². The van der Waals surface area contributed by atoms with Crippen LogP contribution in [0.5, 0.6) is 0 Å². The van der Waals surface area contributed by atoms with Gasteiger partial charge in [-0.05, 0) is 24.8 Å². The topological polar surface area (TPSA) is 45.8 Å². The molecule has 3 nitrogen and oxygen atoms in total. The van der Waals surface area contributed by atoms with Crippen LogP contribution in [0.1, 0.15) is 50.9 Å². The van der Waals surface area contributed by atoms with Gasteiger partial charge in [0.05, 0.1) is 9.72 Å². The SMILES string of the molecule is CCCCc1nc2sc(Cl)c(CCCC)c2c(=O)[nH]1. The van der Waals surface area contributed by atoms with Crippen molar-refractivity contribution in [3.63, 3.8) is 0 Å². The Morgan fingerprint density at radius 3 is 2.58 bits per heavy atom. The van der Waals surface area contributed by atoms with E-state index in [-0.39, 0.29) is 5.56 Å². The number of rotatable bonds is 6. The zero-order valence-electron chi connectivity index (χ0n) is 11.4. The Kier molecular flexibility index (Phi) is 4.99. The van der Waals surface area contributed by atoms with Crippen molar-refractivity contribution >= 4 is 33.2 Å². The molecule has 2 heterocycles. The summed E-state index contributed by atoms with van der Waals surface area (Å²) < 4.78 is 0.717. The Hall–Kier alpha value is -0.870. The molecular weight excluding hydrogens is 280 g/mol. The van der Waals surface area contributed by atoms with Gasteiger partial charge >= 0.3 is 0 Å². The first kappa shape index (κ1) is 14.5. The standard InChI is InChI=1S/C14H19ClN2OS/c1-3-5-7-9-11-13(18)16-10(8-6-4-2)17-14(11)19-12(9)15/h3-8H2,1-2H3,(H,16,17,18). The van der Waals surface area contributed by atoms with Crippen molar-refractivity contribution in [3.8, 4) is 0 Å². The van der Waals surface area contributed by atoms with Crippen LogP contribution in [0.3, 0.4) is 0 Å². The van der Waals surface area contributed by atoms with Gasteiger partial charge in [-0.2, -0.15) is 0 Å². The summed E-state index contributed by atoms with van der Waals surface area (Å²) in [7, 11) is 0. The number of fused-ring (bicyclic) bond motifs is 1. The first-order valence-electron chi connectivity index (χ1n) is 6.87. The molecule has 0 unspecified atom stereocenters. The zero-order valence-corrected chi connectivity index (χ0v) is 13.0. The first-order chi connectivity index (χ1) is 9.17. The number of aromatic amines is 1. The fraction of sp³-hybridized carbons (Fsp3) is 0.571. The summed E-state index contributed by atoms with van der Waals surface area (Å²) in [6.07, 6.45) is 5.94. The van der Waals surface area contributed by atoms with E-state index < -0.39 is 0 Å². The molecule has 0 saturated carbocycles. The lowest BCUT2D eigenvalue weighted by Gasteiger charge is -2.01. The fourth-order valence-corrected chi connectivity index (χ4v) is 3.50. The van der Waals surface area contributed by atoms with Crippen molar-refractivity contribution in [2.75, 3.05) is 0 Å². The monoisotopic (exact) mass is 298 g/mol. The van der Waals surface area contributed by atoms with Crippen molar-refractivity contribution in [2.24, 2.45) is 0 Å². The van der Waals surface area contributed by atoms with E-state index in [9.17, 15) is 4.79 Å². The van der Waals surface area contributed by atoms with Crippen LogP contribution in [0.4, 0.5) is 0 Å². The van der Waals surface area contributed by atoms with Crippen molar-refractivity contribution in [1.29, 1.82) is 0 Å². The molecule has 0 radical (unpaired) electrons. The Balaban J connectivity index is 2.44. The second kappa shape index (κ2) is 6.53. The molecule has 0 spiro atoms. The molecule has 1 N–H and O–H groups in total. The molecular formula is C14H19ClN2OS. The number of thiophene rings is 1. The average Bonchev–Trinajstić information content (AvgIpc) is 2.70. The van der Waals surface area contributed by atoms with Crippen LogP contribution in [-0.4, -0.2) is 9.97 Å². The average molecular weight is 299 g/mol. The van der Waals surface area contributed by atoms with E-state index in [4.69, 9.17) is 11.6 Å². The van der Waals surface area contributed by atoms with Gasteiger partial charge in [-0.15, -0.1) is 11.3 Å². The Bertz CT molecular complexity index is 618. The van der Waals surface area contributed by atoms with Crippen LogP contribution in [0.15, 0.2) is 4.79 Å². The predicted molar refractivity (Wildman–Crippen MR) is 82.5 cm³/mol. The summed E-state index contributed by atoms with van der Waals surface area (Å²) in [6.45, 7) is 4.26. The fourth-order valence-electron chi connectivity index (χ4n) is 2.12. The van der Waals surface area contributed by atoms with E-state index in [1.807, 2.05) is 0 Å². The number of halogens is 1. The maximum Gasteiger partial charge on any atom is 0.259 e. The molecule has 2 aromatic rings. The number of unbranched alkanes of at least 4 members (excludes halogenated alkanes) is 2. The molecule has 0 aliphatic rings. The first-order valence-corrected chi connectivity index (χ1v) is 8.06. The van der Waals surface area contributed by atoms with Crippen LogP contribution < -0.4 is 5.56 Å². The lowest BCUT2D eigenvalue weighted by atomic mass is 10.1. The molecule has 0 amide bonds. The van der Waals surface area contributed by atoms with Gasteiger partial charge in [0.2, 0.25) is 0 Å². The molecule has 19 heavy (non-hydrogen) atoms. The number of aryl methyl sites for hydroxylation is 2. The lowest BCUT2D eigenvalue weighted by Crippen LogP contribution is -2.12. The van der Waals surface area contributed by atoms with Crippen LogP contribution in [0.25, 0.3) is 10.2 Å². The van der Waals surface area contributed by atoms with Gasteiger partial charge in [0.15, 0.2) is 0 Å². The highest BCUT2D eigenvalue weighted by Gasteiger charge is 2.15. The number of aromatic nitrogens is 2. The van der Waals surface area contributed by atoms with E-state index in [0.29, 0.717) is 9.72 Å². The molecule has 0 aromatic carbocycles. The number of nitrogens with one attached hydrogen (secondary N) is 1. The van der Waals surface area contributed by atoms with E-state index in [1.165, 1.54) is 11.3 Å². The molecule has 5 heteroatoms. The third kappa shape index (κ3) is 3.18. The van der Waals surface area contributed by atoms with Crippen LogP contribution >= 0.6 is 22.9 Å². The Morgan fingerprint density at radius 2 is 1.89 bits per heavy atom. The van der Waals surface area contributed by atoms with E-state index in [1.54, 1.807) is 0 Å². The van der Waals surface area contributed by atoms with Crippen LogP contribution in [-0.2, 0) is 12.8 Å². The second-order valence-electron chi connectivity index (χ2n) is 4.75. The molecule has 104 valence electrons. The molecule has 0 atom stereocenters. The van der Waals surface area contributed by atoms with Gasteiger partial charge < -0.3 is 4.98 Å². The van der Waals surface area contributed by atoms with Crippen molar-refractivity contribution in [1.82, 2.24) is 9.97 Å². The molecule has 2 rings (SSSR count). The van der Waals surface area contributed by atoms with Crippen molar-refractivity contribution < 1.29 is 0 Å². The van der Waals surface area contributed by atoms with Gasteiger partial charge in [-0.25, -0.2) is 4.98 Å². The number of H-pyrrole nitrogens is 1. The zero-order chi connectivity index (χ0) is 13.8. The van der Waals surface area contributed by atoms with Gasteiger partial charge in [0, 0.05) is 6.42 Å². The summed E-state index contributed by atoms with van der Waals surface area (Å²) in [6, 6.07) is 0. The van der Waals surface area contributed by atoms with Crippen molar-refractivity contribution in [2.45, 2.75) is 52.4 Å². The second-order valence-corrected chi connectivity index (χ2v) is 6.36. The molecule has 2 aromatic heterocycles. The minimum atomic E-state index is -0.0367. The molecule has 0 bridgehead atoms. The lowest BCUT2D eigenvalue weighted by molar-refractivity contribution is 0.753. The summed E-state index contributed by atoms with van der Waals surface area (Å²) in [5.41, 5.74) is 0.935. The van der Waals surface area contributed by atoms with E-state index >= 15 is 0 Å². The smallest absolute Gasteiger partial charge is 0.259 e. The van der Waals surface area contributed by atoms with E-state index in [0.717, 1.165) is 54.7 Å². The van der Waals surface area contributed by atoms with Crippen molar-refractivity contribution in [3.05, 3.63) is 26.1 Å². The molecule has 0 aliphatic carbocycles. The summed E-state index contributed by atoms with van der Waals surface area (Å²) in [4.78, 5) is 20.4. The number of hydrogen-bond donors (Lipinski definition) is 1. The Morgan fingerprint density at radius 1 is 1.21 bits per heavy atom. The maximum absolute atomic E-state index is 12.2. The minimum Gasteiger partial charge on any atom is -0.310 e.